The number of rotatable bonds is 7. The number of hydrogen-bond acceptors (Lipinski definition) is 6. The Kier molecular flexibility index (Phi) is 7.62. The van der Waals surface area contributed by atoms with Gasteiger partial charge in [-0.2, -0.15) is 0 Å². The number of methoxy groups -OCH3 is 1. The van der Waals surface area contributed by atoms with Crippen molar-refractivity contribution in [2.75, 3.05) is 51.3 Å². The van der Waals surface area contributed by atoms with Crippen LogP contribution in [0, 0.1) is 5.92 Å². The third kappa shape index (κ3) is 5.41. The molecule has 28 heavy (non-hydrogen) atoms. The first kappa shape index (κ1) is 21.0. The first-order valence-electron chi connectivity index (χ1n) is 10.7. The van der Waals surface area contributed by atoms with Crippen molar-refractivity contribution in [1.29, 1.82) is 0 Å². The van der Waals surface area contributed by atoms with Crippen LogP contribution in [-0.4, -0.2) is 73.3 Å². The zero-order chi connectivity index (χ0) is 19.9. The van der Waals surface area contributed by atoms with Gasteiger partial charge in [0.2, 0.25) is 5.91 Å². The molecule has 7 nitrogen and oxygen atoms in total. The Balaban J connectivity index is 1.50. The molecule has 0 radical (unpaired) electrons. The number of hydrogen-bond donors (Lipinski definition) is 1. The van der Waals surface area contributed by atoms with Gasteiger partial charge < -0.3 is 15.0 Å². The lowest BCUT2D eigenvalue weighted by molar-refractivity contribution is -0.127. The van der Waals surface area contributed by atoms with E-state index in [0.29, 0.717) is 25.1 Å². The molecular formula is C21H35N5O2. The van der Waals surface area contributed by atoms with Crippen LogP contribution >= 0.6 is 0 Å². The number of likely N-dealkylation sites (tertiary alicyclic amines) is 1. The normalized spacial score (nSPS) is 21.9. The molecule has 3 rings (SSSR count). The summed E-state index contributed by atoms with van der Waals surface area (Å²) in [6.07, 6.45) is 6.03. The van der Waals surface area contributed by atoms with E-state index in [2.05, 4.69) is 45.0 Å². The molecule has 1 N–H and O–H groups in total. The van der Waals surface area contributed by atoms with E-state index in [0.717, 1.165) is 63.4 Å². The van der Waals surface area contributed by atoms with E-state index in [-0.39, 0.29) is 11.8 Å². The van der Waals surface area contributed by atoms with Crippen molar-refractivity contribution in [2.45, 2.75) is 51.5 Å². The Morgan fingerprint density at radius 3 is 2.75 bits per heavy atom. The molecule has 156 valence electrons. The molecule has 0 unspecified atom stereocenters. The molecular weight excluding hydrogens is 354 g/mol. The van der Waals surface area contributed by atoms with E-state index in [1.807, 2.05) is 0 Å². The number of piperidine rings is 2. The lowest BCUT2D eigenvalue weighted by atomic mass is 9.93. The molecule has 0 spiro atoms. The van der Waals surface area contributed by atoms with Gasteiger partial charge in [0.25, 0.3) is 0 Å². The summed E-state index contributed by atoms with van der Waals surface area (Å²) >= 11 is 0. The van der Waals surface area contributed by atoms with Gasteiger partial charge in [0.05, 0.1) is 12.5 Å². The molecule has 0 aromatic carbocycles. The van der Waals surface area contributed by atoms with Crippen molar-refractivity contribution in [3.63, 3.8) is 0 Å². The molecule has 1 aromatic rings. The van der Waals surface area contributed by atoms with Gasteiger partial charge in [0, 0.05) is 51.1 Å². The second kappa shape index (κ2) is 10.2. The maximum atomic E-state index is 12.4. The van der Waals surface area contributed by atoms with Crippen LogP contribution in [0.5, 0.6) is 0 Å². The minimum atomic E-state index is 0.110. The van der Waals surface area contributed by atoms with Crippen LogP contribution in [0.4, 0.5) is 5.82 Å². The van der Waals surface area contributed by atoms with Crippen molar-refractivity contribution < 1.29 is 9.53 Å². The summed E-state index contributed by atoms with van der Waals surface area (Å²) in [5, 5.41) is 3.01. The number of amides is 1. The third-order valence-corrected chi connectivity index (χ3v) is 6.00. The average Bonchev–Trinajstić information content (AvgIpc) is 2.74. The van der Waals surface area contributed by atoms with Gasteiger partial charge in [-0.1, -0.05) is 13.8 Å². The topological polar surface area (TPSA) is 70.6 Å². The highest BCUT2D eigenvalue weighted by Gasteiger charge is 2.31. The van der Waals surface area contributed by atoms with Gasteiger partial charge in [-0.3, -0.25) is 9.69 Å². The number of nitrogens with zero attached hydrogens (tertiary/aromatic N) is 4. The lowest BCUT2D eigenvalue weighted by Crippen LogP contribution is -2.51. The molecule has 1 atom stereocenters. The quantitative estimate of drug-likeness (QED) is 0.720. The first-order valence-corrected chi connectivity index (χ1v) is 10.7. The molecule has 7 heteroatoms. The number of ether oxygens (including phenoxy) is 1. The average molecular weight is 390 g/mol. The zero-order valence-electron chi connectivity index (χ0n) is 17.6. The van der Waals surface area contributed by atoms with Crippen LogP contribution in [0.1, 0.15) is 51.1 Å². The third-order valence-electron chi connectivity index (χ3n) is 6.00. The monoisotopic (exact) mass is 389 g/mol. The fraction of sp³-hybridized carbons (Fsp3) is 0.762. The highest BCUT2D eigenvalue weighted by Crippen LogP contribution is 2.26. The molecule has 2 aliphatic rings. The molecule has 0 saturated carbocycles. The van der Waals surface area contributed by atoms with Crippen molar-refractivity contribution in [2.24, 2.45) is 5.92 Å². The Morgan fingerprint density at radius 1 is 1.25 bits per heavy atom. The number of anilines is 1. The van der Waals surface area contributed by atoms with Crippen LogP contribution < -0.4 is 10.2 Å². The van der Waals surface area contributed by atoms with E-state index in [9.17, 15) is 4.79 Å². The van der Waals surface area contributed by atoms with Gasteiger partial charge in [0.15, 0.2) is 0 Å². The number of carbonyl (C=O) groups is 1. The van der Waals surface area contributed by atoms with E-state index in [1.54, 1.807) is 13.4 Å². The van der Waals surface area contributed by atoms with E-state index >= 15 is 0 Å². The standard InChI is InChI=1S/C21H35N5O2/c1-16(2)19-13-20(24-15-23-19)25-10-6-18(7-11-25)26-9-4-5-17(14-26)21(27)22-8-12-28-3/h13,15-18H,4-12,14H2,1-3H3,(H,22,27)/t17-/m0/s1. The summed E-state index contributed by atoms with van der Waals surface area (Å²) in [6.45, 7) is 9.52. The van der Waals surface area contributed by atoms with Gasteiger partial charge in [0.1, 0.15) is 12.1 Å². The van der Waals surface area contributed by atoms with Crippen molar-refractivity contribution in [3.8, 4) is 0 Å². The summed E-state index contributed by atoms with van der Waals surface area (Å²) in [6, 6.07) is 2.70. The second-order valence-electron chi connectivity index (χ2n) is 8.29. The van der Waals surface area contributed by atoms with Crippen LogP contribution in [0.3, 0.4) is 0 Å². The summed E-state index contributed by atoms with van der Waals surface area (Å²) < 4.78 is 5.02. The summed E-state index contributed by atoms with van der Waals surface area (Å²) in [4.78, 5) is 26.2. The molecule has 2 aliphatic heterocycles. The number of carbonyl (C=O) groups excluding carboxylic acids is 1. The molecule has 2 fully saturated rings. The Hall–Kier alpha value is -1.73. The maximum Gasteiger partial charge on any atom is 0.224 e. The van der Waals surface area contributed by atoms with Crippen molar-refractivity contribution in [3.05, 3.63) is 18.1 Å². The minimum Gasteiger partial charge on any atom is -0.383 e. The van der Waals surface area contributed by atoms with E-state index in [1.165, 1.54) is 0 Å². The Morgan fingerprint density at radius 2 is 2.04 bits per heavy atom. The highest BCUT2D eigenvalue weighted by molar-refractivity contribution is 5.78. The maximum absolute atomic E-state index is 12.4. The van der Waals surface area contributed by atoms with Crippen molar-refractivity contribution >= 4 is 11.7 Å². The molecule has 3 heterocycles. The van der Waals surface area contributed by atoms with Gasteiger partial charge in [-0.05, 0) is 38.1 Å². The Bertz CT molecular complexity index is 631. The number of nitrogens with one attached hydrogen (secondary N) is 1. The van der Waals surface area contributed by atoms with Crippen LogP contribution in [-0.2, 0) is 9.53 Å². The predicted molar refractivity (Wildman–Crippen MR) is 111 cm³/mol. The van der Waals surface area contributed by atoms with Gasteiger partial charge >= 0.3 is 0 Å². The zero-order valence-corrected chi connectivity index (χ0v) is 17.6. The van der Waals surface area contributed by atoms with Crippen LogP contribution in [0.2, 0.25) is 0 Å². The molecule has 1 amide bonds. The van der Waals surface area contributed by atoms with E-state index < -0.39 is 0 Å². The highest BCUT2D eigenvalue weighted by atomic mass is 16.5. The summed E-state index contributed by atoms with van der Waals surface area (Å²) in [5.41, 5.74) is 1.10. The van der Waals surface area contributed by atoms with Gasteiger partial charge in [-0.15, -0.1) is 0 Å². The molecule has 0 aliphatic carbocycles. The molecule has 1 aromatic heterocycles. The summed E-state index contributed by atoms with van der Waals surface area (Å²) in [7, 11) is 1.66. The molecule has 0 bridgehead atoms. The minimum absolute atomic E-state index is 0.110. The lowest BCUT2D eigenvalue weighted by Gasteiger charge is -2.42. The smallest absolute Gasteiger partial charge is 0.224 e. The van der Waals surface area contributed by atoms with Crippen LogP contribution in [0.25, 0.3) is 0 Å². The van der Waals surface area contributed by atoms with Crippen LogP contribution in [0.15, 0.2) is 12.4 Å². The van der Waals surface area contributed by atoms with Gasteiger partial charge in [-0.25, -0.2) is 9.97 Å². The van der Waals surface area contributed by atoms with Crippen molar-refractivity contribution in [1.82, 2.24) is 20.2 Å². The fourth-order valence-corrected chi connectivity index (χ4v) is 4.28. The second-order valence-corrected chi connectivity index (χ2v) is 8.29. The largest absolute Gasteiger partial charge is 0.383 e. The predicted octanol–water partition coefficient (Wildman–Crippen LogP) is 2.04. The summed E-state index contributed by atoms with van der Waals surface area (Å²) in [5.74, 6) is 1.76. The van der Waals surface area contributed by atoms with E-state index in [4.69, 9.17) is 4.74 Å². The fourth-order valence-electron chi connectivity index (χ4n) is 4.28. The number of aromatic nitrogens is 2. The molecule has 2 saturated heterocycles. The first-order chi connectivity index (χ1) is 13.6. The Labute approximate surface area is 168 Å². The SMILES string of the molecule is COCCNC(=O)[C@H]1CCCN(C2CCN(c3cc(C(C)C)ncn3)CC2)C1.